The van der Waals surface area contributed by atoms with E-state index in [2.05, 4.69) is 4.90 Å². The molecule has 0 aromatic carbocycles. The van der Waals surface area contributed by atoms with Gasteiger partial charge in [0.1, 0.15) is 0 Å². The van der Waals surface area contributed by atoms with E-state index in [1.807, 2.05) is 6.92 Å². The highest BCUT2D eigenvalue weighted by Crippen LogP contribution is 1.96. The molecule has 0 spiro atoms. The van der Waals surface area contributed by atoms with E-state index in [1.54, 1.807) is 13.0 Å². The van der Waals surface area contributed by atoms with Gasteiger partial charge in [-0.25, -0.2) is 4.79 Å². The Labute approximate surface area is 84.8 Å². The Hall–Kier alpha value is -0.870. The van der Waals surface area contributed by atoms with Crippen LogP contribution in [0, 0.1) is 0 Å². The molecule has 4 heteroatoms. The third kappa shape index (κ3) is 5.72. The first-order valence-corrected chi connectivity index (χ1v) is 4.85. The molecule has 0 amide bonds. The van der Waals surface area contributed by atoms with Crippen LogP contribution in [0.4, 0.5) is 0 Å². The second kappa shape index (κ2) is 7.53. The molecule has 0 aliphatic heterocycles. The number of hydrogen-bond acceptors (Lipinski definition) is 3. The van der Waals surface area contributed by atoms with Crippen LogP contribution in [0.15, 0.2) is 11.6 Å². The van der Waals surface area contributed by atoms with Gasteiger partial charge in [0, 0.05) is 25.3 Å². The summed E-state index contributed by atoms with van der Waals surface area (Å²) in [4.78, 5) is 12.6. The highest BCUT2D eigenvalue weighted by Gasteiger charge is 2.02. The number of carboxylic acids is 1. The molecule has 0 saturated carbocycles. The third-order valence-corrected chi connectivity index (χ3v) is 2.07. The normalized spacial score (nSPS) is 12.1. The van der Waals surface area contributed by atoms with E-state index in [9.17, 15) is 4.79 Å². The molecule has 0 fully saturated rings. The van der Waals surface area contributed by atoms with Crippen LogP contribution in [0.3, 0.4) is 0 Å². The Kier molecular flexibility index (Phi) is 7.06. The summed E-state index contributed by atoms with van der Waals surface area (Å²) >= 11 is 0. The van der Waals surface area contributed by atoms with E-state index in [-0.39, 0.29) is 6.61 Å². The monoisotopic (exact) mass is 201 g/mol. The van der Waals surface area contributed by atoms with Gasteiger partial charge in [0.2, 0.25) is 0 Å². The maximum Gasteiger partial charge on any atom is 0.330 e. The van der Waals surface area contributed by atoms with E-state index in [1.165, 1.54) is 0 Å². The Bertz CT molecular complexity index is 202. The summed E-state index contributed by atoms with van der Waals surface area (Å²) < 4.78 is 0. The summed E-state index contributed by atoms with van der Waals surface area (Å²) in [6.45, 7) is 6.08. The van der Waals surface area contributed by atoms with Gasteiger partial charge in [-0.15, -0.1) is 0 Å². The molecule has 4 nitrogen and oxygen atoms in total. The topological polar surface area (TPSA) is 60.8 Å². The minimum atomic E-state index is -0.872. The number of carbonyl (C=O) groups is 1. The molecule has 0 bridgehead atoms. The van der Waals surface area contributed by atoms with Gasteiger partial charge in [0.05, 0.1) is 0 Å². The van der Waals surface area contributed by atoms with Crippen LogP contribution in [0.25, 0.3) is 0 Å². The first kappa shape index (κ1) is 13.1. The lowest BCUT2D eigenvalue weighted by atomic mass is 10.2. The van der Waals surface area contributed by atoms with Crippen molar-refractivity contribution in [1.29, 1.82) is 0 Å². The largest absolute Gasteiger partial charge is 0.478 e. The number of aliphatic carboxylic acids is 1. The zero-order chi connectivity index (χ0) is 11.0. The van der Waals surface area contributed by atoms with Gasteiger partial charge >= 0.3 is 5.97 Å². The molecule has 0 aliphatic rings. The van der Waals surface area contributed by atoms with E-state index in [0.29, 0.717) is 12.1 Å². The van der Waals surface area contributed by atoms with Crippen molar-refractivity contribution in [3.63, 3.8) is 0 Å². The molecular weight excluding hydrogens is 182 g/mol. The van der Waals surface area contributed by atoms with Gasteiger partial charge in [-0.2, -0.15) is 0 Å². The lowest BCUT2D eigenvalue weighted by molar-refractivity contribution is -0.132. The maximum absolute atomic E-state index is 10.5. The van der Waals surface area contributed by atoms with Crippen LogP contribution < -0.4 is 0 Å². The van der Waals surface area contributed by atoms with Crippen molar-refractivity contribution in [2.24, 2.45) is 0 Å². The van der Waals surface area contributed by atoms with E-state index in [0.717, 1.165) is 19.5 Å². The summed E-state index contributed by atoms with van der Waals surface area (Å²) in [6.07, 6.45) is 2.43. The summed E-state index contributed by atoms with van der Waals surface area (Å²) in [5.41, 5.74) is 0.368. The Morgan fingerprint density at radius 2 is 2.14 bits per heavy atom. The van der Waals surface area contributed by atoms with Gasteiger partial charge in [-0.05, 0) is 19.9 Å². The second-order valence-electron chi connectivity index (χ2n) is 3.16. The van der Waals surface area contributed by atoms with Crippen molar-refractivity contribution in [1.82, 2.24) is 4.90 Å². The number of likely N-dealkylation sites (N-methyl/N-ethyl adjacent to an activating group) is 1. The zero-order valence-electron chi connectivity index (χ0n) is 8.86. The fraction of sp³-hybridized carbons (Fsp3) is 0.700. The third-order valence-electron chi connectivity index (χ3n) is 2.07. The number of aliphatic hydroxyl groups is 1. The SMILES string of the molecule is CCN(C/C=C(/C)C(=O)O)CCCO. The number of rotatable bonds is 7. The first-order valence-electron chi connectivity index (χ1n) is 4.85. The number of nitrogens with zero attached hydrogens (tertiary/aromatic N) is 1. The molecular formula is C10H19NO3. The number of carboxylic acid groups (broad SMARTS) is 1. The van der Waals surface area contributed by atoms with Crippen LogP contribution in [-0.2, 0) is 4.79 Å². The van der Waals surface area contributed by atoms with E-state index >= 15 is 0 Å². The molecule has 0 saturated heterocycles. The number of aliphatic hydroxyl groups excluding tert-OH is 1. The molecule has 0 unspecified atom stereocenters. The van der Waals surface area contributed by atoms with Gasteiger partial charge in [0.25, 0.3) is 0 Å². The fourth-order valence-electron chi connectivity index (χ4n) is 1.03. The van der Waals surface area contributed by atoms with E-state index in [4.69, 9.17) is 10.2 Å². The predicted octanol–water partition coefficient (Wildman–Crippen LogP) is 0.722. The molecule has 0 radical (unpaired) electrons. The average Bonchev–Trinajstić information content (AvgIpc) is 2.17. The molecule has 0 aromatic rings. The van der Waals surface area contributed by atoms with Crippen molar-refractivity contribution < 1.29 is 15.0 Å². The lowest BCUT2D eigenvalue weighted by Crippen LogP contribution is -2.25. The van der Waals surface area contributed by atoms with E-state index < -0.39 is 5.97 Å². The molecule has 0 atom stereocenters. The summed E-state index contributed by atoms with van der Waals surface area (Å²) in [5.74, 6) is -0.872. The van der Waals surface area contributed by atoms with Crippen LogP contribution >= 0.6 is 0 Å². The van der Waals surface area contributed by atoms with Crippen LogP contribution in [-0.4, -0.2) is 47.3 Å². The van der Waals surface area contributed by atoms with Gasteiger partial charge in [0.15, 0.2) is 0 Å². The minimum absolute atomic E-state index is 0.179. The summed E-state index contributed by atoms with van der Waals surface area (Å²) in [5, 5.41) is 17.3. The van der Waals surface area contributed by atoms with Gasteiger partial charge in [-0.3, -0.25) is 4.90 Å². The Morgan fingerprint density at radius 3 is 2.57 bits per heavy atom. The van der Waals surface area contributed by atoms with Crippen molar-refractivity contribution >= 4 is 5.97 Å². The van der Waals surface area contributed by atoms with Crippen LogP contribution in [0.5, 0.6) is 0 Å². The standard InChI is InChI=1S/C10H19NO3/c1-3-11(6-4-8-12)7-5-9(2)10(13)14/h5,12H,3-4,6-8H2,1-2H3,(H,13,14)/b9-5-. The molecule has 2 N–H and O–H groups in total. The number of hydrogen-bond donors (Lipinski definition) is 2. The van der Waals surface area contributed by atoms with Crippen molar-refractivity contribution in [3.05, 3.63) is 11.6 Å². The fourth-order valence-corrected chi connectivity index (χ4v) is 1.03. The summed E-state index contributed by atoms with van der Waals surface area (Å²) in [7, 11) is 0. The van der Waals surface area contributed by atoms with Crippen molar-refractivity contribution in [2.75, 3.05) is 26.2 Å². The molecule has 0 aliphatic carbocycles. The van der Waals surface area contributed by atoms with Crippen LogP contribution in [0.2, 0.25) is 0 Å². The minimum Gasteiger partial charge on any atom is -0.478 e. The van der Waals surface area contributed by atoms with Crippen LogP contribution in [0.1, 0.15) is 20.3 Å². The predicted molar refractivity (Wildman–Crippen MR) is 55.2 cm³/mol. The van der Waals surface area contributed by atoms with Crippen molar-refractivity contribution in [3.8, 4) is 0 Å². The Morgan fingerprint density at radius 1 is 1.50 bits per heavy atom. The van der Waals surface area contributed by atoms with Crippen molar-refractivity contribution in [2.45, 2.75) is 20.3 Å². The maximum atomic E-state index is 10.5. The average molecular weight is 201 g/mol. The molecule has 0 aromatic heterocycles. The zero-order valence-corrected chi connectivity index (χ0v) is 8.86. The highest BCUT2D eigenvalue weighted by atomic mass is 16.4. The lowest BCUT2D eigenvalue weighted by Gasteiger charge is -2.17. The van der Waals surface area contributed by atoms with Gasteiger partial charge < -0.3 is 10.2 Å². The Balaban J connectivity index is 3.93. The first-order chi connectivity index (χ1) is 6.61. The smallest absolute Gasteiger partial charge is 0.330 e. The van der Waals surface area contributed by atoms with Gasteiger partial charge in [-0.1, -0.05) is 13.0 Å². The quantitative estimate of drug-likeness (QED) is 0.596. The molecule has 82 valence electrons. The molecule has 0 heterocycles. The highest BCUT2D eigenvalue weighted by molar-refractivity contribution is 5.85. The molecule has 0 rings (SSSR count). The second-order valence-corrected chi connectivity index (χ2v) is 3.16. The molecule has 14 heavy (non-hydrogen) atoms. The summed E-state index contributed by atoms with van der Waals surface area (Å²) in [6, 6.07) is 0.